The molecule has 0 radical (unpaired) electrons. The summed E-state index contributed by atoms with van der Waals surface area (Å²) in [6.45, 7) is 3.21. The van der Waals surface area contributed by atoms with Crippen LogP contribution in [0, 0.1) is 29.6 Å². The predicted octanol–water partition coefficient (Wildman–Crippen LogP) is 5.02. The molecule has 5 atom stereocenters. The molecule has 0 aromatic rings. The van der Waals surface area contributed by atoms with E-state index in [-0.39, 0.29) is 12.0 Å². The molecule has 4 heteroatoms. The summed E-state index contributed by atoms with van der Waals surface area (Å²) >= 11 is 0. The summed E-state index contributed by atoms with van der Waals surface area (Å²) in [5.41, 5.74) is 0. The van der Waals surface area contributed by atoms with Gasteiger partial charge in [-0.2, -0.15) is 0 Å². The van der Waals surface area contributed by atoms with Crippen LogP contribution < -0.4 is 5.32 Å². The van der Waals surface area contributed by atoms with Crippen molar-refractivity contribution in [1.82, 2.24) is 10.2 Å². The van der Waals surface area contributed by atoms with E-state index in [1.165, 1.54) is 77.0 Å². The first-order chi connectivity index (χ1) is 14.8. The first-order valence-corrected chi connectivity index (χ1v) is 13.3. The van der Waals surface area contributed by atoms with Crippen LogP contribution in [0.4, 0.5) is 0 Å². The molecule has 3 aliphatic carbocycles. The van der Waals surface area contributed by atoms with E-state index in [1.807, 2.05) is 4.90 Å². The fourth-order valence-corrected chi connectivity index (χ4v) is 7.38. The Labute approximate surface area is 184 Å². The lowest BCUT2D eigenvalue weighted by Gasteiger charge is -2.45. The van der Waals surface area contributed by atoms with Gasteiger partial charge in [0.1, 0.15) is 6.61 Å². The van der Waals surface area contributed by atoms with Crippen LogP contribution in [-0.2, 0) is 9.53 Å². The Bertz CT molecular complexity index is 527. The van der Waals surface area contributed by atoms with Crippen LogP contribution in [0.2, 0.25) is 0 Å². The molecule has 4 aliphatic rings. The topological polar surface area (TPSA) is 41.6 Å². The van der Waals surface area contributed by atoms with Crippen LogP contribution in [0.25, 0.3) is 0 Å². The van der Waals surface area contributed by atoms with Crippen molar-refractivity contribution in [3.63, 3.8) is 0 Å². The zero-order chi connectivity index (χ0) is 20.8. The van der Waals surface area contributed by atoms with Crippen LogP contribution >= 0.6 is 0 Å². The molecule has 0 spiro atoms. The summed E-state index contributed by atoms with van der Waals surface area (Å²) in [6.07, 6.45) is 19.3. The van der Waals surface area contributed by atoms with Gasteiger partial charge in [-0.3, -0.25) is 4.79 Å². The smallest absolute Gasteiger partial charge is 0.248 e. The molecule has 3 unspecified atom stereocenters. The van der Waals surface area contributed by atoms with Gasteiger partial charge in [-0.1, -0.05) is 44.9 Å². The molecule has 30 heavy (non-hydrogen) atoms. The number of carbonyl (C=O) groups excluding carboxylic acids is 1. The van der Waals surface area contributed by atoms with E-state index in [2.05, 4.69) is 12.4 Å². The third-order valence-electron chi connectivity index (χ3n) is 9.02. The molecular weight excluding hydrogens is 372 g/mol. The molecule has 4 rings (SSSR count). The number of amides is 1. The highest BCUT2D eigenvalue weighted by Crippen LogP contribution is 2.47. The molecular formula is C26H46N2O2. The quantitative estimate of drug-likeness (QED) is 0.602. The van der Waals surface area contributed by atoms with Gasteiger partial charge in [0.05, 0.1) is 6.10 Å². The molecule has 0 bridgehead atoms. The Morgan fingerprint density at radius 2 is 1.57 bits per heavy atom. The Hall–Kier alpha value is -0.610. The third-order valence-corrected chi connectivity index (χ3v) is 9.02. The lowest BCUT2D eigenvalue weighted by atomic mass is 9.63. The number of nitrogens with zero attached hydrogens (tertiary/aromatic N) is 1. The summed E-state index contributed by atoms with van der Waals surface area (Å²) in [4.78, 5) is 14.8. The molecule has 1 N–H and O–H groups in total. The summed E-state index contributed by atoms with van der Waals surface area (Å²) < 4.78 is 6.63. The predicted molar refractivity (Wildman–Crippen MR) is 122 cm³/mol. The molecule has 0 aromatic heterocycles. The SMILES string of the molecule is CNC[C@H](C1CCC2CCCCC2C1)[C@H](OCC(=O)N1CCCC1)C1CCCCC1. The van der Waals surface area contributed by atoms with Crippen LogP contribution in [0.1, 0.15) is 89.9 Å². The number of hydrogen-bond donors (Lipinski definition) is 1. The van der Waals surface area contributed by atoms with Crippen LogP contribution in [0.5, 0.6) is 0 Å². The second kappa shape index (κ2) is 11.3. The van der Waals surface area contributed by atoms with E-state index in [0.717, 1.165) is 50.2 Å². The van der Waals surface area contributed by atoms with Crippen molar-refractivity contribution < 1.29 is 9.53 Å². The minimum atomic E-state index is 0.229. The lowest BCUT2D eigenvalue weighted by Crippen LogP contribution is -2.46. The van der Waals surface area contributed by atoms with Crippen LogP contribution in [0.15, 0.2) is 0 Å². The second-order valence-electron chi connectivity index (χ2n) is 10.9. The molecule has 1 heterocycles. The molecule has 0 aromatic carbocycles. The monoisotopic (exact) mass is 418 g/mol. The van der Waals surface area contributed by atoms with E-state index in [4.69, 9.17) is 4.74 Å². The summed E-state index contributed by atoms with van der Waals surface area (Å²) in [6, 6.07) is 0. The van der Waals surface area contributed by atoms with E-state index in [1.54, 1.807) is 0 Å². The molecule has 1 aliphatic heterocycles. The zero-order valence-corrected chi connectivity index (χ0v) is 19.5. The Morgan fingerprint density at radius 1 is 0.867 bits per heavy atom. The third kappa shape index (κ3) is 5.59. The molecule has 172 valence electrons. The number of carbonyl (C=O) groups is 1. The zero-order valence-electron chi connectivity index (χ0n) is 19.5. The Kier molecular flexibility index (Phi) is 8.51. The first-order valence-electron chi connectivity index (χ1n) is 13.3. The maximum atomic E-state index is 12.8. The van der Waals surface area contributed by atoms with Gasteiger partial charge in [-0.15, -0.1) is 0 Å². The summed E-state index contributed by atoms with van der Waals surface area (Å²) in [5, 5.41) is 3.52. The van der Waals surface area contributed by atoms with E-state index >= 15 is 0 Å². The average Bonchev–Trinajstić information content (AvgIpc) is 3.34. The maximum absolute atomic E-state index is 12.8. The van der Waals surface area contributed by atoms with Crippen LogP contribution in [0.3, 0.4) is 0 Å². The fraction of sp³-hybridized carbons (Fsp3) is 0.962. The van der Waals surface area contributed by atoms with Gasteiger partial charge in [-0.25, -0.2) is 0 Å². The second-order valence-corrected chi connectivity index (χ2v) is 10.9. The summed E-state index contributed by atoms with van der Waals surface area (Å²) in [7, 11) is 2.10. The molecule has 4 nitrogen and oxygen atoms in total. The van der Waals surface area contributed by atoms with Crippen molar-refractivity contribution in [1.29, 1.82) is 0 Å². The van der Waals surface area contributed by atoms with Gasteiger partial charge >= 0.3 is 0 Å². The normalized spacial score (nSPS) is 32.6. The van der Waals surface area contributed by atoms with E-state index in [0.29, 0.717) is 18.4 Å². The van der Waals surface area contributed by atoms with Gasteiger partial charge in [-0.05, 0) is 75.7 Å². The van der Waals surface area contributed by atoms with Crippen molar-refractivity contribution in [3.8, 4) is 0 Å². The Balaban J connectivity index is 1.44. The van der Waals surface area contributed by atoms with Gasteiger partial charge in [0.25, 0.3) is 0 Å². The van der Waals surface area contributed by atoms with E-state index < -0.39 is 0 Å². The number of hydrogen-bond acceptors (Lipinski definition) is 3. The number of nitrogens with one attached hydrogen (secondary N) is 1. The van der Waals surface area contributed by atoms with Crippen molar-refractivity contribution in [2.75, 3.05) is 33.3 Å². The largest absolute Gasteiger partial charge is 0.368 e. The van der Waals surface area contributed by atoms with Crippen molar-refractivity contribution in [2.24, 2.45) is 29.6 Å². The van der Waals surface area contributed by atoms with E-state index in [9.17, 15) is 4.79 Å². The number of likely N-dealkylation sites (tertiary alicyclic amines) is 1. The minimum Gasteiger partial charge on any atom is -0.368 e. The van der Waals surface area contributed by atoms with Crippen molar-refractivity contribution in [3.05, 3.63) is 0 Å². The summed E-state index contributed by atoms with van der Waals surface area (Å²) in [5.74, 6) is 4.16. The lowest BCUT2D eigenvalue weighted by molar-refractivity contribution is -0.142. The van der Waals surface area contributed by atoms with Crippen molar-refractivity contribution in [2.45, 2.75) is 96.0 Å². The van der Waals surface area contributed by atoms with Gasteiger partial charge in [0.15, 0.2) is 0 Å². The van der Waals surface area contributed by atoms with Crippen LogP contribution in [-0.4, -0.2) is 50.2 Å². The van der Waals surface area contributed by atoms with Gasteiger partial charge in [0, 0.05) is 25.6 Å². The first kappa shape index (κ1) is 22.6. The maximum Gasteiger partial charge on any atom is 0.248 e. The number of rotatable bonds is 8. The standard InChI is InChI=1S/C26H46N2O2/c1-27-18-24(23-14-13-20-9-5-6-12-22(20)17-23)26(21-10-3-2-4-11-21)30-19-25(29)28-15-7-8-16-28/h20-24,26-27H,2-19H2,1H3/t20?,22?,23?,24-,26-/m1/s1. The fourth-order valence-electron chi connectivity index (χ4n) is 7.38. The van der Waals surface area contributed by atoms with Gasteiger partial charge < -0.3 is 15.0 Å². The van der Waals surface area contributed by atoms with Gasteiger partial charge in [0.2, 0.25) is 5.91 Å². The minimum absolute atomic E-state index is 0.229. The number of ether oxygens (including phenoxy) is 1. The average molecular weight is 419 g/mol. The highest BCUT2D eigenvalue weighted by molar-refractivity contribution is 5.77. The molecule has 1 amide bonds. The Morgan fingerprint density at radius 3 is 2.30 bits per heavy atom. The number of fused-ring (bicyclic) bond motifs is 1. The molecule has 4 fully saturated rings. The highest BCUT2D eigenvalue weighted by atomic mass is 16.5. The highest BCUT2D eigenvalue weighted by Gasteiger charge is 2.41. The van der Waals surface area contributed by atoms with Crippen molar-refractivity contribution >= 4 is 5.91 Å². The molecule has 3 saturated carbocycles. The molecule has 1 saturated heterocycles.